The molecule has 3 rings (SSSR count). The zero-order valence-corrected chi connectivity index (χ0v) is 14.2. The zero-order chi connectivity index (χ0) is 17.2. The Labute approximate surface area is 141 Å². The summed E-state index contributed by atoms with van der Waals surface area (Å²) in [6.07, 6.45) is 1.69. The van der Waals surface area contributed by atoms with Crippen molar-refractivity contribution in [2.24, 2.45) is 0 Å². The maximum atomic E-state index is 12.7. The van der Waals surface area contributed by atoms with Gasteiger partial charge in [0.2, 0.25) is 0 Å². The van der Waals surface area contributed by atoms with E-state index >= 15 is 0 Å². The molecule has 0 fully saturated rings. The van der Waals surface area contributed by atoms with Gasteiger partial charge in [-0.1, -0.05) is 30.3 Å². The fraction of sp³-hybridized carbons (Fsp3) is 0.111. The molecule has 24 heavy (non-hydrogen) atoms. The largest absolute Gasteiger partial charge is 0.269 e. The van der Waals surface area contributed by atoms with Crippen LogP contribution in [0.3, 0.4) is 0 Å². The number of aryl methyl sites for hydroxylation is 1. The fourth-order valence-electron chi connectivity index (χ4n) is 2.35. The van der Waals surface area contributed by atoms with Gasteiger partial charge in [-0.25, -0.2) is 18.4 Å². The number of hydrogen-bond acceptors (Lipinski definition) is 4. The van der Waals surface area contributed by atoms with E-state index in [1.54, 1.807) is 55.7 Å². The van der Waals surface area contributed by atoms with Gasteiger partial charge < -0.3 is 0 Å². The highest BCUT2D eigenvalue weighted by atomic mass is 32.2. The molecule has 1 heterocycles. The molecular formula is C18H17N3O2S. The molecule has 1 aromatic heterocycles. The highest BCUT2D eigenvalue weighted by molar-refractivity contribution is 7.92. The van der Waals surface area contributed by atoms with E-state index in [4.69, 9.17) is 0 Å². The monoisotopic (exact) mass is 339 g/mol. The quantitative estimate of drug-likeness (QED) is 0.732. The number of rotatable bonds is 4. The van der Waals surface area contributed by atoms with E-state index < -0.39 is 10.0 Å². The van der Waals surface area contributed by atoms with Crippen molar-refractivity contribution in [1.29, 1.82) is 0 Å². The smallest absolute Gasteiger partial charge is 0.264 e. The lowest BCUT2D eigenvalue weighted by Crippen LogP contribution is -2.26. The number of sulfonamides is 1. The Balaban J connectivity index is 1.92. The summed E-state index contributed by atoms with van der Waals surface area (Å²) in [5, 5.41) is 0. The number of nitrogens with zero attached hydrogens (tertiary/aromatic N) is 3. The van der Waals surface area contributed by atoms with Gasteiger partial charge >= 0.3 is 0 Å². The summed E-state index contributed by atoms with van der Waals surface area (Å²) in [4.78, 5) is 8.65. The van der Waals surface area contributed by atoms with Crippen LogP contribution in [0.5, 0.6) is 0 Å². The Morgan fingerprint density at radius 1 is 0.917 bits per heavy atom. The summed E-state index contributed by atoms with van der Waals surface area (Å²) in [6, 6.07) is 17.5. The number of para-hydroxylation sites is 1. The minimum atomic E-state index is -3.60. The van der Waals surface area contributed by atoms with Gasteiger partial charge in [-0.15, -0.1) is 0 Å². The molecule has 0 amide bonds. The van der Waals surface area contributed by atoms with Crippen LogP contribution in [-0.4, -0.2) is 25.4 Å². The Bertz CT molecular complexity index is 940. The second-order valence-electron chi connectivity index (χ2n) is 5.32. The molecule has 0 aliphatic rings. The van der Waals surface area contributed by atoms with Crippen LogP contribution in [0.4, 0.5) is 5.69 Å². The molecule has 5 nitrogen and oxygen atoms in total. The molecule has 0 radical (unpaired) electrons. The molecule has 0 N–H and O–H groups in total. The Hall–Kier alpha value is -2.73. The molecule has 122 valence electrons. The molecule has 0 atom stereocenters. The van der Waals surface area contributed by atoms with Gasteiger partial charge in [-0.05, 0) is 37.3 Å². The van der Waals surface area contributed by atoms with Crippen molar-refractivity contribution < 1.29 is 8.42 Å². The van der Waals surface area contributed by atoms with Crippen LogP contribution >= 0.6 is 0 Å². The maximum Gasteiger partial charge on any atom is 0.264 e. The highest BCUT2D eigenvalue weighted by Gasteiger charge is 2.21. The summed E-state index contributed by atoms with van der Waals surface area (Å²) < 4.78 is 26.7. The van der Waals surface area contributed by atoms with E-state index in [1.807, 2.05) is 25.1 Å². The van der Waals surface area contributed by atoms with Crippen molar-refractivity contribution in [2.75, 3.05) is 11.4 Å². The Morgan fingerprint density at radius 2 is 1.58 bits per heavy atom. The molecule has 0 spiro atoms. The first-order chi connectivity index (χ1) is 11.5. The summed E-state index contributed by atoms with van der Waals surface area (Å²) >= 11 is 0. The lowest BCUT2D eigenvalue weighted by molar-refractivity contribution is 0.594. The highest BCUT2D eigenvalue weighted by Crippen LogP contribution is 2.24. The van der Waals surface area contributed by atoms with Crippen LogP contribution in [0.25, 0.3) is 11.3 Å². The van der Waals surface area contributed by atoms with Crippen LogP contribution in [-0.2, 0) is 10.0 Å². The third kappa shape index (κ3) is 3.14. The van der Waals surface area contributed by atoms with Crippen molar-refractivity contribution in [3.63, 3.8) is 0 Å². The molecule has 0 unspecified atom stereocenters. The summed E-state index contributed by atoms with van der Waals surface area (Å²) in [5.74, 6) is 0.674. The lowest BCUT2D eigenvalue weighted by atomic mass is 10.1. The van der Waals surface area contributed by atoms with E-state index in [0.717, 1.165) is 11.3 Å². The first kappa shape index (κ1) is 16.1. The van der Waals surface area contributed by atoms with Gasteiger partial charge in [0, 0.05) is 18.8 Å². The standard InChI is InChI=1S/C18H17N3O2S/c1-14-19-13-12-18(20-14)15-8-10-17(11-9-15)24(22,23)21(2)16-6-4-3-5-7-16/h3-13H,1-2H3. The predicted molar refractivity (Wildman–Crippen MR) is 94.2 cm³/mol. The van der Waals surface area contributed by atoms with Crippen LogP contribution in [0.2, 0.25) is 0 Å². The molecule has 6 heteroatoms. The van der Waals surface area contributed by atoms with Crippen molar-refractivity contribution in [3.05, 3.63) is 72.7 Å². The van der Waals surface area contributed by atoms with Gasteiger partial charge in [-0.2, -0.15) is 0 Å². The Kier molecular flexibility index (Phi) is 4.31. The molecule has 3 aromatic rings. The van der Waals surface area contributed by atoms with Crippen LogP contribution in [0, 0.1) is 6.92 Å². The first-order valence-electron chi connectivity index (χ1n) is 7.42. The molecule has 0 aliphatic heterocycles. The summed E-state index contributed by atoms with van der Waals surface area (Å²) in [6.45, 7) is 1.82. The molecule has 0 bridgehead atoms. The van der Waals surface area contributed by atoms with E-state index in [0.29, 0.717) is 11.5 Å². The summed E-state index contributed by atoms with van der Waals surface area (Å²) in [7, 11) is -2.05. The number of anilines is 1. The number of aromatic nitrogens is 2. The SMILES string of the molecule is Cc1nccc(-c2ccc(S(=O)(=O)N(C)c3ccccc3)cc2)n1. The van der Waals surface area contributed by atoms with Crippen LogP contribution in [0.15, 0.2) is 71.8 Å². The van der Waals surface area contributed by atoms with Crippen molar-refractivity contribution >= 4 is 15.7 Å². The van der Waals surface area contributed by atoms with Crippen LogP contribution < -0.4 is 4.31 Å². The zero-order valence-electron chi connectivity index (χ0n) is 13.4. The second kappa shape index (κ2) is 6.41. The predicted octanol–water partition coefficient (Wildman–Crippen LogP) is 3.28. The minimum Gasteiger partial charge on any atom is -0.269 e. The van der Waals surface area contributed by atoms with Crippen molar-refractivity contribution in [3.8, 4) is 11.3 Å². The summed E-state index contributed by atoms with van der Waals surface area (Å²) in [5.41, 5.74) is 2.23. The molecule has 0 saturated carbocycles. The lowest BCUT2D eigenvalue weighted by Gasteiger charge is -2.19. The average Bonchev–Trinajstić information content (AvgIpc) is 2.62. The molecule has 0 aliphatic carbocycles. The van der Waals surface area contributed by atoms with E-state index in [2.05, 4.69) is 9.97 Å². The van der Waals surface area contributed by atoms with Gasteiger partial charge in [0.15, 0.2) is 0 Å². The van der Waals surface area contributed by atoms with E-state index in [1.165, 1.54) is 4.31 Å². The molecule has 0 saturated heterocycles. The molecular weight excluding hydrogens is 322 g/mol. The maximum absolute atomic E-state index is 12.7. The van der Waals surface area contributed by atoms with Crippen molar-refractivity contribution in [1.82, 2.24) is 9.97 Å². The van der Waals surface area contributed by atoms with Gasteiger partial charge in [0.1, 0.15) is 5.82 Å². The second-order valence-corrected chi connectivity index (χ2v) is 7.29. The third-order valence-electron chi connectivity index (χ3n) is 3.70. The van der Waals surface area contributed by atoms with Gasteiger partial charge in [0.25, 0.3) is 10.0 Å². The average molecular weight is 339 g/mol. The fourth-order valence-corrected chi connectivity index (χ4v) is 3.54. The third-order valence-corrected chi connectivity index (χ3v) is 5.50. The van der Waals surface area contributed by atoms with E-state index in [9.17, 15) is 8.42 Å². The van der Waals surface area contributed by atoms with Crippen molar-refractivity contribution in [2.45, 2.75) is 11.8 Å². The topological polar surface area (TPSA) is 63.2 Å². The Morgan fingerprint density at radius 3 is 2.21 bits per heavy atom. The normalized spacial score (nSPS) is 11.2. The number of benzene rings is 2. The number of hydrogen-bond donors (Lipinski definition) is 0. The first-order valence-corrected chi connectivity index (χ1v) is 8.86. The van der Waals surface area contributed by atoms with Gasteiger partial charge in [-0.3, -0.25) is 4.31 Å². The van der Waals surface area contributed by atoms with Crippen LogP contribution in [0.1, 0.15) is 5.82 Å². The van der Waals surface area contributed by atoms with Gasteiger partial charge in [0.05, 0.1) is 16.3 Å². The molecule has 2 aromatic carbocycles. The van der Waals surface area contributed by atoms with E-state index in [-0.39, 0.29) is 4.90 Å². The minimum absolute atomic E-state index is 0.239.